The summed E-state index contributed by atoms with van der Waals surface area (Å²) in [4.78, 5) is 27.7. The van der Waals surface area contributed by atoms with E-state index in [9.17, 15) is 9.59 Å². The van der Waals surface area contributed by atoms with E-state index in [0.717, 1.165) is 24.2 Å². The number of halogens is 2. The number of benzene rings is 2. The number of nitrogens with one attached hydrogen (secondary N) is 1. The van der Waals surface area contributed by atoms with Crippen molar-refractivity contribution in [3.63, 3.8) is 0 Å². The van der Waals surface area contributed by atoms with Gasteiger partial charge in [-0.3, -0.25) is 9.59 Å². The molecule has 0 aliphatic rings. The molecule has 2 aromatic carbocycles. The number of rotatable bonds is 12. The number of nitrogens with zero attached hydrogens (tertiary/aromatic N) is 1. The van der Waals surface area contributed by atoms with Crippen LogP contribution in [0.25, 0.3) is 0 Å². The molecule has 1 atom stereocenters. The summed E-state index contributed by atoms with van der Waals surface area (Å²) >= 11 is 13.8. The Balaban J connectivity index is 2.13. The van der Waals surface area contributed by atoms with Crippen LogP contribution in [0.3, 0.4) is 0 Å². The van der Waals surface area contributed by atoms with E-state index >= 15 is 0 Å². The van der Waals surface area contributed by atoms with Crippen molar-refractivity contribution in [3.8, 4) is 0 Å². The number of amides is 2. The predicted octanol–water partition coefficient (Wildman–Crippen LogP) is 5.95. The molecule has 31 heavy (non-hydrogen) atoms. The maximum Gasteiger partial charge on any atom is 0.242 e. The molecule has 7 heteroatoms. The number of hydrogen-bond donors (Lipinski definition) is 1. The minimum atomic E-state index is -0.531. The predicted molar refractivity (Wildman–Crippen MR) is 132 cm³/mol. The second-order valence-electron chi connectivity index (χ2n) is 7.32. The molecular formula is C24H30Cl2N2O2S. The van der Waals surface area contributed by atoms with Gasteiger partial charge in [-0.15, -0.1) is 11.8 Å². The molecule has 0 aliphatic heterocycles. The molecule has 0 bridgehead atoms. The number of thioether (sulfide) groups is 1. The molecule has 0 radical (unpaired) electrons. The van der Waals surface area contributed by atoms with E-state index in [4.69, 9.17) is 23.2 Å². The van der Waals surface area contributed by atoms with Gasteiger partial charge in [0.1, 0.15) is 6.04 Å². The van der Waals surface area contributed by atoms with E-state index in [2.05, 4.69) is 12.2 Å². The topological polar surface area (TPSA) is 49.4 Å². The summed E-state index contributed by atoms with van der Waals surface area (Å²) in [5.41, 5.74) is 2.01. The molecule has 0 fully saturated rings. The van der Waals surface area contributed by atoms with E-state index in [1.807, 2.05) is 43.3 Å². The van der Waals surface area contributed by atoms with E-state index in [0.29, 0.717) is 35.3 Å². The largest absolute Gasteiger partial charge is 0.354 e. The third-order valence-electron chi connectivity index (χ3n) is 4.89. The monoisotopic (exact) mass is 480 g/mol. The molecule has 0 aliphatic carbocycles. The van der Waals surface area contributed by atoms with Crippen LogP contribution in [0.15, 0.2) is 48.5 Å². The summed E-state index contributed by atoms with van der Waals surface area (Å²) in [6, 6.07) is 14.8. The summed E-state index contributed by atoms with van der Waals surface area (Å²) in [7, 11) is 0. The molecule has 4 nitrogen and oxygen atoms in total. The number of carbonyl (C=O) groups is 2. The molecule has 2 aromatic rings. The smallest absolute Gasteiger partial charge is 0.242 e. The minimum absolute atomic E-state index is 0.0653. The van der Waals surface area contributed by atoms with Gasteiger partial charge in [-0.2, -0.15) is 0 Å². The van der Waals surface area contributed by atoms with Gasteiger partial charge in [-0.25, -0.2) is 0 Å². The molecule has 1 N–H and O–H groups in total. The summed E-state index contributed by atoms with van der Waals surface area (Å²) in [5.74, 6) is 0.865. The van der Waals surface area contributed by atoms with Gasteiger partial charge in [0, 0.05) is 18.8 Å². The van der Waals surface area contributed by atoms with Crippen molar-refractivity contribution in [2.75, 3.05) is 12.3 Å². The lowest BCUT2D eigenvalue weighted by atomic mass is 10.1. The van der Waals surface area contributed by atoms with Crippen molar-refractivity contribution in [1.29, 1.82) is 0 Å². The van der Waals surface area contributed by atoms with Crippen LogP contribution in [0.2, 0.25) is 10.0 Å². The van der Waals surface area contributed by atoms with Crippen LogP contribution in [0.5, 0.6) is 0 Å². The van der Waals surface area contributed by atoms with Gasteiger partial charge in [0.2, 0.25) is 11.8 Å². The van der Waals surface area contributed by atoms with Crippen molar-refractivity contribution in [2.24, 2.45) is 0 Å². The molecule has 0 heterocycles. The second-order valence-corrected chi connectivity index (χ2v) is 9.12. The number of unbranched alkanes of at least 4 members (excludes halogenated alkanes) is 1. The van der Waals surface area contributed by atoms with Gasteiger partial charge < -0.3 is 10.2 Å². The fourth-order valence-electron chi connectivity index (χ4n) is 3.17. The van der Waals surface area contributed by atoms with Crippen molar-refractivity contribution >= 4 is 46.8 Å². The minimum Gasteiger partial charge on any atom is -0.354 e. The highest BCUT2D eigenvalue weighted by atomic mass is 35.5. The van der Waals surface area contributed by atoms with Crippen LogP contribution in [0.4, 0.5) is 0 Å². The normalized spacial score (nSPS) is 11.7. The summed E-state index contributed by atoms with van der Waals surface area (Å²) < 4.78 is 0. The van der Waals surface area contributed by atoms with E-state index < -0.39 is 6.04 Å². The molecule has 0 unspecified atom stereocenters. The molecule has 0 saturated carbocycles. The lowest BCUT2D eigenvalue weighted by molar-refractivity contribution is -0.139. The first kappa shape index (κ1) is 25.6. The lowest BCUT2D eigenvalue weighted by Crippen LogP contribution is -2.49. The Hall–Kier alpha value is -1.69. The summed E-state index contributed by atoms with van der Waals surface area (Å²) in [6.07, 6.45) is 2.45. The van der Waals surface area contributed by atoms with Crippen molar-refractivity contribution in [1.82, 2.24) is 10.2 Å². The SMILES string of the molecule is CCCCNC(=O)[C@H](CC)N(Cc1ccc(Cl)c(Cl)c1)C(=O)CSCc1ccccc1. The van der Waals surface area contributed by atoms with Crippen LogP contribution in [0, 0.1) is 0 Å². The molecule has 2 amide bonds. The molecular weight excluding hydrogens is 451 g/mol. The molecule has 0 aromatic heterocycles. The maximum absolute atomic E-state index is 13.2. The quantitative estimate of drug-likeness (QED) is 0.381. The highest BCUT2D eigenvalue weighted by Gasteiger charge is 2.28. The van der Waals surface area contributed by atoms with Crippen molar-refractivity contribution < 1.29 is 9.59 Å². The van der Waals surface area contributed by atoms with E-state index in [1.165, 1.54) is 5.56 Å². The van der Waals surface area contributed by atoms with Gasteiger partial charge in [-0.1, -0.05) is 79.9 Å². The fourth-order valence-corrected chi connectivity index (χ4v) is 4.37. The van der Waals surface area contributed by atoms with Crippen molar-refractivity contribution in [3.05, 3.63) is 69.7 Å². The van der Waals surface area contributed by atoms with E-state index in [-0.39, 0.29) is 11.8 Å². The highest BCUT2D eigenvalue weighted by Crippen LogP contribution is 2.24. The van der Waals surface area contributed by atoms with Gasteiger partial charge in [0.05, 0.1) is 15.8 Å². The van der Waals surface area contributed by atoms with Crippen molar-refractivity contribution in [2.45, 2.75) is 51.4 Å². The summed E-state index contributed by atoms with van der Waals surface area (Å²) in [6.45, 7) is 4.93. The van der Waals surface area contributed by atoms with Crippen LogP contribution in [-0.4, -0.2) is 35.1 Å². The Morgan fingerprint density at radius 2 is 1.77 bits per heavy atom. The molecule has 0 spiro atoms. The molecule has 2 rings (SSSR count). The third kappa shape index (κ3) is 8.40. The zero-order valence-electron chi connectivity index (χ0n) is 18.1. The Morgan fingerprint density at radius 3 is 2.42 bits per heavy atom. The van der Waals surface area contributed by atoms with Crippen LogP contribution >= 0.6 is 35.0 Å². The average molecular weight is 481 g/mol. The Bertz CT molecular complexity index is 849. The van der Waals surface area contributed by atoms with E-state index in [1.54, 1.807) is 28.8 Å². The number of hydrogen-bond acceptors (Lipinski definition) is 3. The standard InChI is InChI=1S/C24H30Cl2N2O2S/c1-3-5-13-27-24(30)22(4-2)28(15-19-11-12-20(25)21(26)14-19)23(29)17-31-16-18-9-7-6-8-10-18/h6-12,14,22H,3-5,13,15-17H2,1-2H3,(H,27,30)/t22-/m0/s1. The first-order valence-corrected chi connectivity index (χ1v) is 12.5. The second kappa shape index (κ2) is 13.7. The maximum atomic E-state index is 13.2. The highest BCUT2D eigenvalue weighted by molar-refractivity contribution is 7.99. The average Bonchev–Trinajstić information content (AvgIpc) is 2.77. The zero-order chi connectivity index (χ0) is 22.6. The van der Waals surface area contributed by atoms with Gasteiger partial charge >= 0.3 is 0 Å². The summed E-state index contributed by atoms with van der Waals surface area (Å²) in [5, 5.41) is 3.87. The van der Waals surface area contributed by atoms with Gasteiger partial charge in [-0.05, 0) is 36.1 Å². The van der Waals surface area contributed by atoms with Crippen LogP contribution in [-0.2, 0) is 21.9 Å². The molecule has 168 valence electrons. The molecule has 0 saturated heterocycles. The first-order chi connectivity index (χ1) is 15.0. The fraction of sp³-hybridized carbons (Fsp3) is 0.417. The van der Waals surface area contributed by atoms with Crippen LogP contribution < -0.4 is 5.32 Å². The zero-order valence-corrected chi connectivity index (χ0v) is 20.4. The Labute approximate surface area is 199 Å². The van der Waals surface area contributed by atoms with Crippen LogP contribution in [0.1, 0.15) is 44.2 Å². The Kier molecular flexibility index (Phi) is 11.3. The van der Waals surface area contributed by atoms with Gasteiger partial charge in [0.25, 0.3) is 0 Å². The van der Waals surface area contributed by atoms with Gasteiger partial charge in [0.15, 0.2) is 0 Å². The Morgan fingerprint density at radius 1 is 1.03 bits per heavy atom. The number of carbonyl (C=O) groups excluding carboxylic acids is 2. The third-order valence-corrected chi connectivity index (χ3v) is 6.62. The lowest BCUT2D eigenvalue weighted by Gasteiger charge is -2.30. The first-order valence-electron chi connectivity index (χ1n) is 10.6.